The molecule has 0 aliphatic carbocycles. The van der Waals surface area contributed by atoms with Crippen LogP contribution in [0.2, 0.25) is 5.15 Å². The third-order valence-corrected chi connectivity index (χ3v) is 8.15. The standard InChI is InChI=1S/C33H34ClN5OS/c1-25(28-14-6-3-7-15-28)35-32(40)29-16-8-12-27(22-29)24-41-33-36-30(34)23-31(37-33)39-20-18-38(19-21-39)17-9-13-26-10-4-2-5-11-26/h2-16,22-23,25H,17-21,24H2,1H3,(H,35,40)/b13-9+. The van der Waals surface area contributed by atoms with E-state index in [0.717, 1.165) is 49.7 Å². The molecule has 1 aliphatic heterocycles. The Morgan fingerprint density at radius 3 is 2.44 bits per heavy atom. The van der Waals surface area contributed by atoms with E-state index < -0.39 is 0 Å². The van der Waals surface area contributed by atoms with E-state index in [-0.39, 0.29) is 11.9 Å². The second-order valence-corrected chi connectivity index (χ2v) is 11.4. The molecule has 3 aromatic carbocycles. The van der Waals surface area contributed by atoms with Crippen molar-refractivity contribution in [1.29, 1.82) is 0 Å². The lowest BCUT2D eigenvalue weighted by Crippen LogP contribution is -2.46. The van der Waals surface area contributed by atoms with Crippen LogP contribution in [0.15, 0.2) is 102 Å². The molecule has 1 saturated heterocycles. The highest BCUT2D eigenvalue weighted by Crippen LogP contribution is 2.26. The van der Waals surface area contributed by atoms with Crippen LogP contribution in [0.5, 0.6) is 0 Å². The SMILES string of the molecule is CC(NC(=O)c1cccc(CSc2nc(Cl)cc(N3CCN(C/C=C/c4ccccc4)CC3)n2)c1)c1ccccc1. The molecule has 1 unspecified atom stereocenters. The first kappa shape index (κ1) is 28.9. The summed E-state index contributed by atoms with van der Waals surface area (Å²) in [6.45, 7) is 6.60. The summed E-state index contributed by atoms with van der Waals surface area (Å²) in [6.07, 6.45) is 4.40. The van der Waals surface area contributed by atoms with Crippen molar-refractivity contribution in [3.63, 3.8) is 0 Å². The van der Waals surface area contributed by atoms with E-state index in [0.29, 0.717) is 21.6 Å². The number of amides is 1. The molecule has 0 bridgehead atoms. The number of aromatic nitrogens is 2. The third kappa shape index (κ3) is 8.43. The summed E-state index contributed by atoms with van der Waals surface area (Å²) in [6, 6.07) is 29.8. The van der Waals surface area contributed by atoms with Crippen molar-refractivity contribution in [2.75, 3.05) is 37.6 Å². The maximum atomic E-state index is 12.9. The zero-order valence-electron chi connectivity index (χ0n) is 23.1. The lowest BCUT2D eigenvalue weighted by Gasteiger charge is -2.35. The van der Waals surface area contributed by atoms with Crippen molar-refractivity contribution in [3.05, 3.63) is 124 Å². The molecular formula is C33H34ClN5OS. The van der Waals surface area contributed by atoms with Gasteiger partial charge in [-0.1, -0.05) is 108 Å². The number of carbonyl (C=O) groups is 1. The molecule has 4 aromatic rings. The van der Waals surface area contributed by atoms with Crippen LogP contribution < -0.4 is 10.2 Å². The highest BCUT2D eigenvalue weighted by atomic mass is 35.5. The monoisotopic (exact) mass is 583 g/mol. The van der Waals surface area contributed by atoms with E-state index in [4.69, 9.17) is 16.6 Å². The van der Waals surface area contributed by atoms with Gasteiger partial charge in [0.15, 0.2) is 5.16 Å². The lowest BCUT2D eigenvalue weighted by atomic mass is 10.1. The average molecular weight is 584 g/mol. The zero-order chi connectivity index (χ0) is 28.4. The molecule has 1 atom stereocenters. The molecule has 210 valence electrons. The summed E-state index contributed by atoms with van der Waals surface area (Å²) in [5.74, 6) is 1.40. The molecular weight excluding hydrogens is 550 g/mol. The molecule has 5 rings (SSSR count). The van der Waals surface area contributed by atoms with Crippen molar-refractivity contribution < 1.29 is 4.79 Å². The summed E-state index contributed by atoms with van der Waals surface area (Å²) in [4.78, 5) is 26.9. The molecule has 8 heteroatoms. The van der Waals surface area contributed by atoms with Crippen molar-refractivity contribution in [3.8, 4) is 0 Å². The summed E-state index contributed by atoms with van der Waals surface area (Å²) in [5.41, 5.74) is 3.95. The van der Waals surface area contributed by atoms with Crippen LogP contribution in [-0.2, 0) is 5.75 Å². The average Bonchev–Trinajstić information content (AvgIpc) is 3.01. The normalized spacial score (nSPS) is 14.7. The van der Waals surface area contributed by atoms with Crippen molar-refractivity contribution in [2.45, 2.75) is 23.9 Å². The second-order valence-electron chi connectivity index (χ2n) is 10.0. The molecule has 6 nitrogen and oxygen atoms in total. The Balaban J connectivity index is 1.14. The number of rotatable bonds is 10. The summed E-state index contributed by atoms with van der Waals surface area (Å²) in [5, 5.41) is 4.16. The van der Waals surface area contributed by atoms with Gasteiger partial charge in [0.05, 0.1) is 6.04 Å². The van der Waals surface area contributed by atoms with Crippen LogP contribution in [0.3, 0.4) is 0 Å². The fraction of sp³-hybridized carbons (Fsp3) is 0.242. The minimum absolute atomic E-state index is 0.0763. The summed E-state index contributed by atoms with van der Waals surface area (Å²) >= 11 is 7.93. The smallest absolute Gasteiger partial charge is 0.251 e. The Kier molecular flexibility index (Phi) is 10.1. The number of benzene rings is 3. The summed E-state index contributed by atoms with van der Waals surface area (Å²) in [7, 11) is 0. The van der Waals surface area contributed by atoms with Crippen molar-refractivity contribution in [1.82, 2.24) is 20.2 Å². The van der Waals surface area contributed by atoms with Crippen LogP contribution >= 0.6 is 23.4 Å². The van der Waals surface area contributed by atoms with E-state index in [2.05, 4.69) is 56.5 Å². The predicted octanol–water partition coefficient (Wildman–Crippen LogP) is 6.75. The van der Waals surface area contributed by atoms with E-state index >= 15 is 0 Å². The lowest BCUT2D eigenvalue weighted by molar-refractivity contribution is 0.0940. The van der Waals surface area contributed by atoms with Gasteiger partial charge in [-0.2, -0.15) is 0 Å². The fourth-order valence-electron chi connectivity index (χ4n) is 4.73. The van der Waals surface area contributed by atoms with Crippen LogP contribution in [0.1, 0.15) is 40.0 Å². The fourth-order valence-corrected chi connectivity index (χ4v) is 5.75. The van der Waals surface area contributed by atoms with Gasteiger partial charge in [-0.3, -0.25) is 9.69 Å². The van der Waals surface area contributed by atoms with E-state index in [9.17, 15) is 4.79 Å². The Morgan fingerprint density at radius 2 is 1.68 bits per heavy atom. The van der Waals surface area contributed by atoms with Gasteiger partial charge in [-0.05, 0) is 35.7 Å². The Labute approximate surface area is 251 Å². The largest absolute Gasteiger partial charge is 0.354 e. The predicted molar refractivity (Wildman–Crippen MR) is 169 cm³/mol. The van der Waals surface area contributed by atoms with E-state index in [1.54, 1.807) is 0 Å². The maximum Gasteiger partial charge on any atom is 0.251 e. The molecule has 0 saturated carbocycles. The van der Waals surface area contributed by atoms with Gasteiger partial charge >= 0.3 is 0 Å². The number of anilines is 1. The van der Waals surface area contributed by atoms with Crippen LogP contribution in [-0.4, -0.2) is 53.5 Å². The third-order valence-electron chi connectivity index (χ3n) is 7.03. The van der Waals surface area contributed by atoms with Crippen LogP contribution in [0, 0.1) is 0 Å². The zero-order valence-corrected chi connectivity index (χ0v) is 24.7. The van der Waals surface area contributed by atoms with Crippen LogP contribution in [0.25, 0.3) is 6.08 Å². The quantitative estimate of drug-likeness (QED) is 0.127. The first-order valence-corrected chi connectivity index (χ1v) is 15.2. The van der Waals surface area contributed by atoms with Gasteiger partial charge < -0.3 is 10.2 Å². The van der Waals surface area contributed by atoms with Gasteiger partial charge in [0.2, 0.25) is 0 Å². The first-order valence-electron chi connectivity index (χ1n) is 13.8. The number of hydrogen-bond donors (Lipinski definition) is 1. The number of hydrogen-bond acceptors (Lipinski definition) is 6. The summed E-state index contributed by atoms with van der Waals surface area (Å²) < 4.78 is 0. The van der Waals surface area contributed by atoms with E-state index in [1.165, 1.54) is 17.3 Å². The number of nitrogens with one attached hydrogen (secondary N) is 1. The molecule has 0 spiro atoms. The highest BCUT2D eigenvalue weighted by molar-refractivity contribution is 7.98. The van der Waals surface area contributed by atoms with Crippen molar-refractivity contribution >= 4 is 41.2 Å². The Bertz CT molecular complexity index is 1460. The molecule has 1 aromatic heterocycles. The number of thioether (sulfide) groups is 1. The second kappa shape index (κ2) is 14.3. The molecule has 1 fully saturated rings. The Hall–Kier alpha value is -3.65. The van der Waals surface area contributed by atoms with E-state index in [1.807, 2.05) is 73.7 Å². The van der Waals surface area contributed by atoms with Gasteiger partial charge in [0.1, 0.15) is 11.0 Å². The minimum atomic E-state index is -0.0933. The molecule has 2 heterocycles. The number of nitrogens with zero attached hydrogens (tertiary/aromatic N) is 4. The minimum Gasteiger partial charge on any atom is -0.354 e. The van der Waals surface area contributed by atoms with Gasteiger partial charge in [-0.25, -0.2) is 9.97 Å². The first-order chi connectivity index (χ1) is 20.0. The Morgan fingerprint density at radius 1 is 0.951 bits per heavy atom. The number of halogens is 1. The molecule has 0 radical (unpaired) electrons. The number of carbonyl (C=O) groups excluding carboxylic acids is 1. The number of piperazine rings is 1. The molecule has 1 aliphatic rings. The van der Waals surface area contributed by atoms with Gasteiger partial charge in [0, 0.05) is 50.1 Å². The molecule has 41 heavy (non-hydrogen) atoms. The van der Waals surface area contributed by atoms with Gasteiger partial charge in [-0.15, -0.1) is 0 Å². The van der Waals surface area contributed by atoms with Gasteiger partial charge in [0.25, 0.3) is 5.91 Å². The molecule has 1 amide bonds. The van der Waals surface area contributed by atoms with Crippen LogP contribution in [0.4, 0.5) is 5.82 Å². The topological polar surface area (TPSA) is 61.4 Å². The highest BCUT2D eigenvalue weighted by Gasteiger charge is 2.19. The maximum absolute atomic E-state index is 12.9. The van der Waals surface area contributed by atoms with Crippen molar-refractivity contribution in [2.24, 2.45) is 0 Å². The molecule has 1 N–H and O–H groups in total.